The molecule has 3 N–H and O–H groups in total. The number of aromatic amines is 1. The van der Waals surface area contributed by atoms with E-state index in [1.54, 1.807) is 12.1 Å². The van der Waals surface area contributed by atoms with Crippen molar-refractivity contribution in [2.45, 2.75) is 38.5 Å². The van der Waals surface area contributed by atoms with Gasteiger partial charge in [0.15, 0.2) is 5.75 Å². The molecule has 1 heterocycles. The Morgan fingerprint density at radius 3 is 2.50 bits per heavy atom. The Hall–Kier alpha value is -1.81. The first-order valence-corrected chi connectivity index (χ1v) is 7.17. The lowest BCUT2D eigenvalue weighted by Crippen LogP contribution is -2.07. The number of aliphatic hydroxyl groups is 1. The second-order valence-corrected chi connectivity index (χ2v) is 5.07. The van der Waals surface area contributed by atoms with Gasteiger partial charge in [0.05, 0.1) is 5.69 Å². The molecule has 1 aromatic carbocycles. The van der Waals surface area contributed by atoms with E-state index >= 15 is 0 Å². The van der Waals surface area contributed by atoms with Crippen molar-refractivity contribution in [3.05, 3.63) is 40.2 Å². The molecule has 0 unspecified atom stereocenters. The predicted octanol–water partition coefficient (Wildman–Crippen LogP) is 2.72. The van der Waals surface area contributed by atoms with Gasteiger partial charge in [-0.05, 0) is 31.4 Å². The Balaban J connectivity index is 2.03. The van der Waals surface area contributed by atoms with Gasteiger partial charge in [-0.25, -0.2) is 0 Å². The van der Waals surface area contributed by atoms with E-state index in [1.165, 1.54) is 0 Å². The number of aliphatic hydroxyl groups excluding tert-OH is 1. The number of hydrogen-bond donors (Lipinski definition) is 3. The first kappa shape index (κ1) is 14.6. The van der Waals surface area contributed by atoms with E-state index in [-0.39, 0.29) is 17.8 Å². The van der Waals surface area contributed by atoms with Gasteiger partial charge in [-0.1, -0.05) is 31.4 Å². The second-order valence-electron chi connectivity index (χ2n) is 5.07. The van der Waals surface area contributed by atoms with Crippen LogP contribution >= 0.6 is 0 Å². The fraction of sp³-hybridized carbons (Fsp3) is 0.438. The van der Waals surface area contributed by atoms with Crippen molar-refractivity contribution in [3.8, 4) is 5.75 Å². The number of fused-ring (bicyclic) bond motifs is 1. The van der Waals surface area contributed by atoms with Crippen LogP contribution in [0.25, 0.3) is 10.9 Å². The standard InChI is InChI=1S/C16H21NO3/c18-11-7-3-1-2-4-10-14-16(20)15(19)12-8-5-6-9-13(12)17-14/h5-6,8-9,18,20H,1-4,7,10-11H2,(H,17,19). The third-order valence-corrected chi connectivity index (χ3v) is 3.54. The minimum Gasteiger partial charge on any atom is -0.503 e. The molecule has 0 fully saturated rings. The molecule has 0 aliphatic carbocycles. The number of hydrogen-bond acceptors (Lipinski definition) is 3. The van der Waals surface area contributed by atoms with Crippen LogP contribution in [0.5, 0.6) is 5.75 Å². The lowest BCUT2D eigenvalue weighted by molar-refractivity contribution is 0.282. The Morgan fingerprint density at radius 2 is 1.70 bits per heavy atom. The molecule has 4 heteroatoms. The number of aromatic nitrogens is 1. The zero-order valence-corrected chi connectivity index (χ0v) is 11.6. The lowest BCUT2D eigenvalue weighted by Gasteiger charge is -2.07. The van der Waals surface area contributed by atoms with Gasteiger partial charge in [-0.3, -0.25) is 4.79 Å². The average Bonchev–Trinajstić information content (AvgIpc) is 2.47. The maximum Gasteiger partial charge on any atom is 0.231 e. The van der Waals surface area contributed by atoms with Crippen molar-refractivity contribution in [3.63, 3.8) is 0 Å². The summed E-state index contributed by atoms with van der Waals surface area (Å²) in [6.07, 6.45) is 5.57. The van der Waals surface area contributed by atoms with Crippen LogP contribution in [0.1, 0.15) is 37.8 Å². The molecule has 4 nitrogen and oxygen atoms in total. The van der Waals surface area contributed by atoms with Crippen LogP contribution < -0.4 is 5.43 Å². The van der Waals surface area contributed by atoms with E-state index in [0.29, 0.717) is 17.5 Å². The summed E-state index contributed by atoms with van der Waals surface area (Å²) < 4.78 is 0. The fourth-order valence-corrected chi connectivity index (χ4v) is 2.40. The molecule has 0 aliphatic heterocycles. The van der Waals surface area contributed by atoms with Gasteiger partial charge in [0.25, 0.3) is 0 Å². The molecule has 0 aliphatic rings. The molecule has 0 amide bonds. The zero-order chi connectivity index (χ0) is 14.4. The van der Waals surface area contributed by atoms with Crippen molar-refractivity contribution < 1.29 is 10.2 Å². The summed E-state index contributed by atoms with van der Waals surface area (Å²) in [6.45, 7) is 0.249. The molecule has 1 aromatic heterocycles. The van der Waals surface area contributed by atoms with Crippen LogP contribution in [-0.2, 0) is 6.42 Å². The lowest BCUT2D eigenvalue weighted by atomic mass is 10.1. The average molecular weight is 275 g/mol. The molecule has 0 saturated carbocycles. The number of aromatic hydroxyl groups is 1. The molecule has 0 bridgehead atoms. The molecule has 2 rings (SSSR count). The Labute approximate surface area is 118 Å². The van der Waals surface area contributed by atoms with Gasteiger partial charge in [0.2, 0.25) is 5.43 Å². The van der Waals surface area contributed by atoms with Crippen LogP contribution in [0.2, 0.25) is 0 Å². The normalized spacial score (nSPS) is 11.1. The molecular formula is C16H21NO3. The zero-order valence-electron chi connectivity index (χ0n) is 11.6. The van der Waals surface area contributed by atoms with Gasteiger partial charge in [-0.2, -0.15) is 0 Å². The molecule has 2 aromatic rings. The topological polar surface area (TPSA) is 73.3 Å². The minimum absolute atomic E-state index is 0.154. The Kier molecular flexibility index (Phi) is 5.18. The number of aryl methyl sites for hydroxylation is 1. The highest BCUT2D eigenvalue weighted by atomic mass is 16.3. The molecule has 0 saturated heterocycles. The molecule has 0 atom stereocenters. The number of nitrogens with one attached hydrogen (secondary N) is 1. The number of benzene rings is 1. The molecule has 108 valence electrons. The smallest absolute Gasteiger partial charge is 0.231 e. The summed E-state index contributed by atoms with van der Waals surface area (Å²) >= 11 is 0. The van der Waals surface area contributed by atoms with E-state index in [0.717, 1.165) is 37.6 Å². The minimum atomic E-state index is -0.297. The SMILES string of the molecule is O=c1c(O)c(CCCCCCCO)[nH]c2ccccc12. The largest absolute Gasteiger partial charge is 0.503 e. The third kappa shape index (κ3) is 3.39. The van der Waals surface area contributed by atoms with E-state index in [2.05, 4.69) is 4.98 Å². The highest BCUT2D eigenvalue weighted by Gasteiger charge is 2.09. The van der Waals surface area contributed by atoms with Gasteiger partial charge in [-0.15, -0.1) is 0 Å². The molecule has 0 spiro atoms. The first-order valence-electron chi connectivity index (χ1n) is 7.17. The van der Waals surface area contributed by atoms with Gasteiger partial charge < -0.3 is 15.2 Å². The highest BCUT2D eigenvalue weighted by Crippen LogP contribution is 2.18. The number of pyridine rings is 1. The Bertz CT molecular complexity index is 619. The van der Waals surface area contributed by atoms with E-state index in [9.17, 15) is 9.90 Å². The monoisotopic (exact) mass is 275 g/mol. The van der Waals surface area contributed by atoms with Crippen molar-refractivity contribution in [1.29, 1.82) is 0 Å². The summed E-state index contributed by atoms with van der Waals surface area (Å²) in [5, 5.41) is 19.2. The second kappa shape index (κ2) is 7.10. The van der Waals surface area contributed by atoms with Crippen molar-refractivity contribution >= 4 is 10.9 Å². The van der Waals surface area contributed by atoms with Crippen LogP contribution in [0, 0.1) is 0 Å². The number of para-hydroxylation sites is 1. The van der Waals surface area contributed by atoms with E-state index in [4.69, 9.17) is 5.11 Å². The summed E-state index contributed by atoms with van der Waals surface area (Å²) in [6, 6.07) is 7.22. The number of rotatable bonds is 7. The summed E-state index contributed by atoms with van der Waals surface area (Å²) in [5.41, 5.74) is 1.09. The number of unbranched alkanes of at least 4 members (excludes halogenated alkanes) is 4. The summed E-state index contributed by atoms with van der Waals surface area (Å²) in [5.74, 6) is -0.154. The fourth-order valence-electron chi connectivity index (χ4n) is 2.40. The van der Waals surface area contributed by atoms with Crippen molar-refractivity contribution in [2.75, 3.05) is 6.61 Å². The molecule has 20 heavy (non-hydrogen) atoms. The highest BCUT2D eigenvalue weighted by molar-refractivity contribution is 5.79. The molecular weight excluding hydrogens is 254 g/mol. The van der Waals surface area contributed by atoms with Gasteiger partial charge >= 0.3 is 0 Å². The van der Waals surface area contributed by atoms with E-state index in [1.807, 2.05) is 12.1 Å². The van der Waals surface area contributed by atoms with Gasteiger partial charge in [0.1, 0.15) is 0 Å². The van der Waals surface area contributed by atoms with Crippen molar-refractivity contribution in [1.82, 2.24) is 4.98 Å². The quantitative estimate of drug-likeness (QED) is 0.680. The van der Waals surface area contributed by atoms with Crippen LogP contribution in [0.15, 0.2) is 29.1 Å². The Morgan fingerprint density at radius 1 is 1.00 bits per heavy atom. The van der Waals surface area contributed by atoms with Crippen molar-refractivity contribution in [2.24, 2.45) is 0 Å². The van der Waals surface area contributed by atoms with Gasteiger partial charge in [0, 0.05) is 17.5 Å². The predicted molar refractivity (Wildman–Crippen MR) is 80.1 cm³/mol. The van der Waals surface area contributed by atoms with Crippen LogP contribution in [0.3, 0.4) is 0 Å². The maximum absolute atomic E-state index is 12.0. The molecule has 0 radical (unpaired) electrons. The van der Waals surface area contributed by atoms with E-state index < -0.39 is 0 Å². The maximum atomic E-state index is 12.0. The summed E-state index contributed by atoms with van der Waals surface area (Å²) in [4.78, 5) is 15.2. The summed E-state index contributed by atoms with van der Waals surface area (Å²) in [7, 11) is 0. The third-order valence-electron chi connectivity index (χ3n) is 3.54. The number of H-pyrrole nitrogens is 1. The van der Waals surface area contributed by atoms with Crippen LogP contribution in [0.4, 0.5) is 0 Å². The first-order chi connectivity index (χ1) is 9.74. The van der Waals surface area contributed by atoms with Crippen LogP contribution in [-0.4, -0.2) is 21.8 Å².